The van der Waals surface area contributed by atoms with Crippen molar-refractivity contribution in [2.24, 2.45) is 0 Å². The van der Waals surface area contributed by atoms with E-state index in [4.69, 9.17) is 4.98 Å². The van der Waals surface area contributed by atoms with Crippen LogP contribution in [0.4, 0.5) is 5.69 Å². The fraction of sp³-hybridized carbons (Fsp3) is 0.238. The van der Waals surface area contributed by atoms with Gasteiger partial charge in [0.15, 0.2) is 11.5 Å². The molecule has 5 aromatic heterocycles. The van der Waals surface area contributed by atoms with Crippen molar-refractivity contribution < 1.29 is 0 Å². The fourth-order valence-corrected chi connectivity index (χ4v) is 4.00. The second kappa shape index (κ2) is 7.10. The molecule has 0 spiro atoms. The van der Waals surface area contributed by atoms with Crippen molar-refractivity contribution in [3.63, 3.8) is 0 Å². The number of pyridine rings is 2. The molecule has 0 aliphatic carbocycles. The van der Waals surface area contributed by atoms with E-state index < -0.39 is 0 Å². The van der Waals surface area contributed by atoms with Gasteiger partial charge < -0.3 is 14.8 Å². The Bertz CT molecular complexity index is 1370. The standard InChI is InChI=1S/C21H20N10/c1-30-2-4-31(5-3-30)17-11-22-10-16-19(17)27-21(26-16)18-15-6-13(9-25-20(15)29-28-18)14-7-23-12-24-8-14/h6-12H,2-5H2,1H3,(H,26,27)(H,25,28,29). The summed E-state index contributed by atoms with van der Waals surface area (Å²) in [7, 11) is 2.15. The lowest BCUT2D eigenvalue weighted by atomic mass is 10.1. The van der Waals surface area contributed by atoms with Gasteiger partial charge in [0.05, 0.1) is 29.0 Å². The number of H-pyrrole nitrogens is 2. The number of piperazine rings is 1. The average Bonchev–Trinajstić information content (AvgIpc) is 3.43. The quantitative estimate of drug-likeness (QED) is 0.463. The van der Waals surface area contributed by atoms with Gasteiger partial charge in [-0.05, 0) is 13.1 Å². The van der Waals surface area contributed by atoms with Crippen molar-refractivity contribution in [1.29, 1.82) is 0 Å². The number of imidazole rings is 1. The summed E-state index contributed by atoms with van der Waals surface area (Å²) in [4.78, 5) is 30.1. The van der Waals surface area contributed by atoms with E-state index in [2.05, 4.69) is 52.0 Å². The minimum absolute atomic E-state index is 0.688. The normalized spacial score (nSPS) is 15.2. The number of nitrogens with one attached hydrogen (secondary N) is 2. The molecule has 2 N–H and O–H groups in total. The van der Waals surface area contributed by atoms with Gasteiger partial charge in [0.25, 0.3) is 0 Å². The summed E-state index contributed by atoms with van der Waals surface area (Å²) in [5.41, 5.74) is 6.10. The molecule has 1 saturated heterocycles. The van der Waals surface area contributed by atoms with Gasteiger partial charge in [-0.1, -0.05) is 0 Å². The summed E-state index contributed by atoms with van der Waals surface area (Å²) < 4.78 is 0. The highest BCUT2D eigenvalue weighted by Gasteiger charge is 2.20. The molecule has 1 fully saturated rings. The lowest BCUT2D eigenvalue weighted by molar-refractivity contribution is 0.313. The predicted molar refractivity (Wildman–Crippen MR) is 118 cm³/mol. The number of aromatic nitrogens is 8. The van der Waals surface area contributed by atoms with E-state index in [1.165, 1.54) is 6.33 Å². The Balaban J connectivity index is 1.44. The number of nitrogens with zero attached hydrogens (tertiary/aromatic N) is 8. The number of fused-ring (bicyclic) bond motifs is 2. The van der Waals surface area contributed by atoms with E-state index in [1.807, 2.05) is 18.5 Å². The van der Waals surface area contributed by atoms with E-state index in [0.717, 1.165) is 65.1 Å². The van der Waals surface area contributed by atoms with Crippen LogP contribution in [0.15, 0.2) is 43.4 Å². The molecule has 6 rings (SSSR count). The van der Waals surface area contributed by atoms with Crippen molar-refractivity contribution >= 4 is 27.8 Å². The van der Waals surface area contributed by atoms with Gasteiger partial charge in [0, 0.05) is 55.9 Å². The molecule has 10 nitrogen and oxygen atoms in total. The summed E-state index contributed by atoms with van der Waals surface area (Å²) in [6.45, 7) is 3.96. The first-order valence-electron chi connectivity index (χ1n) is 10.1. The third-order valence-corrected chi connectivity index (χ3v) is 5.75. The van der Waals surface area contributed by atoms with Crippen LogP contribution in [0.3, 0.4) is 0 Å². The lowest BCUT2D eigenvalue weighted by Crippen LogP contribution is -2.44. The number of hydrogen-bond donors (Lipinski definition) is 2. The Morgan fingerprint density at radius 1 is 0.903 bits per heavy atom. The monoisotopic (exact) mass is 412 g/mol. The summed E-state index contributed by atoms with van der Waals surface area (Å²) >= 11 is 0. The maximum absolute atomic E-state index is 4.92. The average molecular weight is 412 g/mol. The SMILES string of the molecule is CN1CCN(c2cncc3[nH]c(-c4n[nH]c5ncc(-c6cncnc6)cc45)nc23)CC1. The first kappa shape index (κ1) is 17.9. The Kier molecular flexibility index (Phi) is 4.10. The second-order valence-corrected chi connectivity index (χ2v) is 7.75. The van der Waals surface area contributed by atoms with Crippen LogP contribution < -0.4 is 4.90 Å². The van der Waals surface area contributed by atoms with E-state index in [1.54, 1.807) is 18.6 Å². The fourth-order valence-electron chi connectivity index (χ4n) is 4.00. The van der Waals surface area contributed by atoms with Gasteiger partial charge in [0.2, 0.25) is 0 Å². The van der Waals surface area contributed by atoms with Crippen molar-refractivity contribution in [2.45, 2.75) is 0 Å². The Morgan fingerprint density at radius 2 is 1.74 bits per heavy atom. The van der Waals surface area contributed by atoms with Gasteiger partial charge in [-0.2, -0.15) is 5.10 Å². The van der Waals surface area contributed by atoms with E-state index in [-0.39, 0.29) is 0 Å². The number of aromatic amines is 2. The van der Waals surface area contributed by atoms with Crippen molar-refractivity contribution in [3.05, 3.63) is 43.4 Å². The van der Waals surface area contributed by atoms with Gasteiger partial charge in [0.1, 0.15) is 17.5 Å². The summed E-state index contributed by atoms with van der Waals surface area (Å²) in [5, 5.41) is 8.39. The van der Waals surface area contributed by atoms with Crippen molar-refractivity contribution in [2.75, 3.05) is 38.1 Å². The maximum Gasteiger partial charge on any atom is 0.159 e. The minimum Gasteiger partial charge on any atom is -0.366 e. The van der Waals surface area contributed by atoms with Crippen LogP contribution in [0, 0.1) is 0 Å². The van der Waals surface area contributed by atoms with Crippen molar-refractivity contribution in [3.8, 4) is 22.6 Å². The van der Waals surface area contributed by atoms with Crippen molar-refractivity contribution in [1.82, 2.24) is 45.0 Å². The molecule has 10 heteroatoms. The molecule has 0 saturated carbocycles. The zero-order valence-corrected chi connectivity index (χ0v) is 16.9. The predicted octanol–water partition coefficient (Wildman–Crippen LogP) is 2.10. The molecule has 0 radical (unpaired) electrons. The van der Waals surface area contributed by atoms with Gasteiger partial charge >= 0.3 is 0 Å². The van der Waals surface area contributed by atoms with Crippen LogP contribution in [0.2, 0.25) is 0 Å². The highest BCUT2D eigenvalue weighted by Crippen LogP contribution is 2.31. The molecule has 0 amide bonds. The van der Waals surface area contributed by atoms with E-state index in [0.29, 0.717) is 11.5 Å². The molecule has 0 bridgehead atoms. The molecule has 0 unspecified atom stereocenters. The Labute approximate surface area is 177 Å². The molecule has 0 aromatic carbocycles. The first-order chi connectivity index (χ1) is 15.3. The van der Waals surface area contributed by atoms with Crippen LogP contribution in [0.5, 0.6) is 0 Å². The van der Waals surface area contributed by atoms with E-state index >= 15 is 0 Å². The third-order valence-electron chi connectivity index (χ3n) is 5.75. The van der Waals surface area contributed by atoms with Gasteiger partial charge in [-0.3, -0.25) is 10.1 Å². The van der Waals surface area contributed by atoms with Gasteiger partial charge in [-0.15, -0.1) is 0 Å². The lowest BCUT2D eigenvalue weighted by Gasteiger charge is -2.33. The number of anilines is 1. The first-order valence-corrected chi connectivity index (χ1v) is 10.1. The summed E-state index contributed by atoms with van der Waals surface area (Å²) in [5.74, 6) is 0.688. The second-order valence-electron chi connectivity index (χ2n) is 7.75. The third kappa shape index (κ3) is 3.08. The van der Waals surface area contributed by atoms with Crippen LogP contribution in [-0.2, 0) is 0 Å². The smallest absolute Gasteiger partial charge is 0.159 e. The highest BCUT2D eigenvalue weighted by atomic mass is 15.3. The van der Waals surface area contributed by atoms with Crippen LogP contribution >= 0.6 is 0 Å². The number of hydrogen-bond acceptors (Lipinski definition) is 8. The molecule has 1 aliphatic rings. The zero-order chi connectivity index (χ0) is 20.8. The molecule has 31 heavy (non-hydrogen) atoms. The van der Waals surface area contributed by atoms with E-state index in [9.17, 15) is 0 Å². The van der Waals surface area contributed by atoms with Crippen LogP contribution in [-0.4, -0.2) is 78.2 Å². The molecule has 0 atom stereocenters. The highest BCUT2D eigenvalue weighted by molar-refractivity contribution is 5.95. The van der Waals surface area contributed by atoms with Gasteiger partial charge in [-0.25, -0.2) is 19.9 Å². The zero-order valence-electron chi connectivity index (χ0n) is 16.9. The van der Waals surface area contributed by atoms with Crippen LogP contribution in [0.25, 0.3) is 44.7 Å². The van der Waals surface area contributed by atoms with Crippen LogP contribution in [0.1, 0.15) is 0 Å². The molecule has 6 heterocycles. The minimum atomic E-state index is 0.688. The molecule has 1 aliphatic heterocycles. The molecular formula is C21H20N10. The Hall–Kier alpha value is -3.92. The summed E-state index contributed by atoms with van der Waals surface area (Å²) in [6, 6.07) is 2.03. The summed E-state index contributed by atoms with van der Waals surface area (Å²) in [6.07, 6.45) is 10.5. The number of rotatable bonds is 3. The topological polar surface area (TPSA) is 115 Å². The molecule has 154 valence electrons. The number of likely N-dealkylation sites (N-methyl/N-ethyl adjacent to an activating group) is 1. The maximum atomic E-state index is 4.92. The largest absolute Gasteiger partial charge is 0.366 e. The molecule has 5 aromatic rings. The Morgan fingerprint density at radius 3 is 2.58 bits per heavy atom. The molecular weight excluding hydrogens is 392 g/mol.